The molecule has 0 aliphatic rings. The van der Waals surface area contributed by atoms with Crippen LogP contribution in [-0.4, -0.2) is 50.2 Å². The lowest BCUT2D eigenvalue weighted by Crippen LogP contribution is -2.28. The summed E-state index contributed by atoms with van der Waals surface area (Å²) in [5.41, 5.74) is 1.42. The van der Waals surface area contributed by atoms with Gasteiger partial charge in [0, 0.05) is 16.9 Å². The van der Waals surface area contributed by atoms with Crippen LogP contribution in [0.3, 0.4) is 0 Å². The second kappa shape index (κ2) is 15.1. The molecule has 5 aromatic rings. The van der Waals surface area contributed by atoms with Crippen LogP contribution in [0, 0.1) is 0 Å². The largest absolute Gasteiger partial charge is 0.493 e. The van der Waals surface area contributed by atoms with Crippen molar-refractivity contribution in [1.82, 2.24) is 4.57 Å². The number of rotatable bonds is 11. The molecule has 11 heteroatoms. The van der Waals surface area contributed by atoms with Gasteiger partial charge in [-0.05, 0) is 98.8 Å². The number of nitrogens with one attached hydrogen (secondary N) is 1. The highest BCUT2D eigenvalue weighted by Gasteiger charge is 2.28. The molecule has 0 bridgehead atoms. The number of methoxy groups -OCH3 is 3. The lowest BCUT2D eigenvalue weighted by molar-refractivity contribution is 0.0516. The van der Waals surface area contributed by atoms with Gasteiger partial charge in [0.05, 0.1) is 33.3 Å². The van der Waals surface area contributed by atoms with Gasteiger partial charge in [0.25, 0.3) is 5.56 Å². The molecule has 1 amide bonds. The van der Waals surface area contributed by atoms with Gasteiger partial charge in [0.2, 0.25) is 5.75 Å². The molecule has 0 aliphatic heterocycles. The molecular weight excluding hydrogens is 640 g/mol. The number of ether oxygens (including phenoxy) is 6. The predicted octanol–water partition coefficient (Wildman–Crippen LogP) is 7.79. The Morgan fingerprint density at radius 2 is 1.46 bits per heavy atom. The number of hydrogen-bond acceptors (Lipinski definition) is 9. The molecule has 0 saturated heterocycles. The molecule has 0 fully saturated rings. The van der Waals surface area contributed by atoms with E-state index in [1.165, 1.54) is 25.9 Å². The van der Waals surface area contributed by atoms with Crippen LogP contribution < -0.4 is 29.8 Å². The van der Waals surface area contributed by atoms with Crippen LogP contribution in [0.1, 0.15) is 43.7 Å². The number of anilines is 1. The molecule has 1 heterocycles. The third-order valence-corrected chi connectivity index (χ3v) is 7.60. The van der Waals surface area contributed by atoms with Crippen LogP contribution in [-0.2, 0) is 16.1 Å². The number of amides is 1. The number of benzene rings is 4. The van der Waals surface area contributed by atoms with Crippen LogP contribution in [0.25, 0.3) is 27.6 Å². The fourth-order valence-corrected chi connectivity index (χ4v) is 5.48. The summed E-state index contributed by atoms with van der Waals surface area (Å²) in [6, 6.07) is 24.7. The first-order valence-corrected chi connectivity index (χ1v) is 15.9. The Morgan fingerprint density at radius 1 is 0.800 bits per heavy atom. The first-order chi connectivity index (χ1) is 24.0. The smallest absolute Gasteiger partial charge is 0.412 e. The van der Waals surface area contributed by atoms with Crippen molar-refractivity contribution >= 4 is 28.5 Å². The minimum atomic E-state index is -0.726. The third kappa shape index (κ3) is 7.67. The quantitative estimate of drug-likeness (QED) is 0.139. The second-order valence-electron chi connectivity index (χ2n) is 12.2. The van der Waals surface area contributed by atoms with Crippen molar-refractivity contribution in [3.63, 3.8) is 0 Å². The second-order valence-corrected chi connectivity index (χ2v) is 12.2. The number of pyridine rings is 1. The van der Waals surface area contributed by atoms with E-state index in [2.05, 4.69) is 5.32 Å². The number of esters is 1. The van der Waals surface area contributed by atoms with E-state index in [1.807, 2.05) is 30.3 Å². The van der Waals surface area contributed by atoms with E-state index < -0.39 is 23.2 Å². The minimum absolute atomic E-state index is 0.0237. The van der Waals surface area contributed by atoms with Gasteiger partial charge in [0.1, 0.15) is 23.7 Å². The monoisotopic (exact) mass is 680 g/mol. The first-order valence-electron chi connectivity index (χ1n) is 15.9. The molecule has 0 atom stereocenters. The molecule has 260 valence electrons. The zero-order valence-corrected chi connectivity index (χ0v) is 29.1. The van der Waals surface area contributed by atoms with Gasteiger partial charge in [-0.15, -0.1) is 0 Å². The summed E-state index contributed by atoms with van der Waals surface area (Å²) >= 11 is 0. The Labute approximate surface area is 290 Å². The molecule has 0 saturated carbocycles. The lowest BCUT2D eigenvalue weighted by atomic mass is 9.95. The number of carbonyl (C=O) groups is 2. The van der Waals surface area contributed by atoms with Gasteiger partial charge in [0.15, 0.2) is 11.5 Å². The molecule has 1 aromatic heterocycles. The summed E-state index contributed by atoms with van der Waals surface area (Å²) in [6.07, 6.45) is -0.631. The normalized spacial score (nSPS) is 11.1. The van der Waals surface area contributed by atoms with Crippen LogP contribution >= 0.6 is 0 Å². The topological polar surface area (TPSA) is 124 Å². The van der Waals surface area contributed by atoms with E-state index in [-0.39, 0.29) is 24.3 Å². The van der Waals surface area contributed by atoms with E-state index in [9.17, 15) is 14.4 Å². The third-order valence-electron chi connectivity index (χ3n) is 7.60. The van der Waals surface area contributed by atoms with Crippen LogP contribution in [0.15, 0.2) is 89.7 Å². The summed E-state index contributed by atoms with van der Waals surface area (Å²) in [6.45, 7) is 7.33. The average Bonchev–Trinajstić information content (AvgIpc) is 3.10. The van der Waals surface area contributed by atoms with Crippen LogP contribution in [0.5, 0.6) is 23.0 Å². The van der Waals surface area contributed by atoms with Gasteiger partial charge >= 0.3 is 12.1 Å². The van der Waals surface area contributed by atoms with E-state index in [0.717, 1.165) is 5.56 Å². The fourth-order valence-electron chi connectivity index (χ4n) is 5.48. The van der Waals surface area contributed by atoms with Crippen molar-refractivity contribution in [2.24, 2.45) is 0 Å². The highest BCUT2D eigenvalue weighted by Crippen LogP contribution is 2.44. The maximum Gasteiger partial charge on any atom is 0.412 e. The van der Waals surface area contributed by atoms with E-state index in [0.29, 0.717) is 50.9 Å². The number of hydrogen-bond donors (Lipinski definition) is 1. The molecule has 0 radical (unpaired) electrons. The van der Waals surface area contributed by atoms with Gasteiger partial charge < -0.3 is 28.4 Å². The summed E-state index contributed by atoms with van der Waals surface area (Å²) in [5.74, 6) is 0.793. The maximum atomic E-state index is 14.6. The van der Waals surface area contributed by atoms with Gasteiger partial charge in [-0.3, -0.25) is 14.7 Å². The van der Waals surface area contributed by atoms with Gasteiger partial charge in [-0.1, -0.05) is 30.3 Å². The van der Waals surface area contributed by atoms with Crippen molar-refractivity contribution in [2.75, 3.05) is 33.3 Å². The van der Waals surface area contributed by atoms with E-state index >= 15 is 0 Å². The molecule has 1 N–H and O–H groups in total. The van der Waals surface area contributed by atoms with Crippen molar-refractivity contribution in [3.8, 4) is 39.8 Å². The van der Waals surface area contributed by atoms with Gasteiger partial charge in [-0.2, -0.15) is 0 Å². The lowest BCUT2D eigenvalue weighted by Gasteiger charge is -2.21. The summed E-state index contributed by atoms with van der Waals surface area (Å²) < 4.78 is 35.2. The van der Waals surface area contributed by atoms with Crippen molar-refractivity contribution in [1.29, 1.82) is 0 Å². The SMILES string of the molecule is CCOC(=O)c1c(-c2cc(OC)c(OC)c(OC)c2)c2ccc(OCc3ccccc3)cc2c(=O)n1-c1ccc(NC(=O)OC(C)(C)C)cc1. The molecule has 50 heavy (non-hydrogen) atoms. The molecule has 5 rings (SSSR count). The van der Waals surface area contributed by atoms with Crippen molar-refractivity contribution in [3.05, 3.63) is 107 Å². The zero-order chi connectivity index (χ0) is 36.0. The Morgan fingerprint density at radius 3 is 2.04 bits per heavy atom. The Hall–Kier alpha value is -5.97. The zero-order valence-electron chi connectivity index (χ0n) is 29.1. The molecule has 11 nitrogen and oxygen atoms in total. The highest BCUT2D eigenvalue weighted by atomic mass is 16.6. The predicted molar refractivity (Wildman–Crippen MR) is 191 cm³/mol. The average molecular weight is 681 g/mol. The Balaban J connectivity index is 1.77. The van der Waals surface area contributed by atoms with Crippen molar-refractivity contribution in [2.45, 2.75) is 39.9 Å². The Bertz CT molecular complexity index is 2040. The number of carbonyl (C=O) groups excluding carboxylic acids is 2. The van der Waals surface area contributed by atoms with Gasteiger partial charge in [-0.25, -0.2) is 9.59 Å². The number of aromatic nitrogens is 1. The summed E-state index contributed by atoms with van der Waals surface area (Å²) in [4.78, 5) is 41.0. The molecular formula is C39H40N2O9. The van der Waals surface area contributed by atoms with E-state index in [4.69, 9.17) is 28.4 Å². The highest BCUT2D eigenvalue weighted by molar-refractivity contribution is 6.08. The minimum Gasteiger partial charge on any atom is -0.493 e. The number of fused-ring (bicyclic) bond motifs is 1. The fraction of sp³-hybridized carbons (Fsp3) is 0.256. The standard InChI is InChI=1S/C39H40N2O9/c1-8-48-37(43)34-33(25-20-31(45-5)35(47-7)32(21-25)46-6)29-19-18-28(49-23-24-12-10-9-11-13-24)22-30(29)36(42)41(34)27-16-14-26(15-17-27)40-38(44)50-39(2,3)4/h9-22H,8,23H2,1-7H3,(H,40,44). The molecule has 4 aromatic carbocycles. The van der Waals surface area contributed by atoms with Crippen molar-refractivity contribution < 1.29 is 38.0 Å². The van der Waals surface area contributed by atoms with Crippen LogP contribution in [0.2, 0.25) is 0 Å². The summed E-state index contributed by atoms with van der Waals surface area (Å²) in [7, 11) is 4.49. The molecule has 0 aliphatic carbocycles. The van der Waals surface area contributed by atoms with Crippen LogP contribution in [0.4, 0.5) is 10.5 Å². The first kappa shape index (κ1) is 35.3. The molecule has 0 unspecified atom stereocenters. The summed E-state index contributed by atoms with van der Waals surface area (Å²) in [5, 5.41) is 3.44. The Kier molecular flexibility index (Phi) is 10.6. The molecule has 0 spiro atoms. The van der Waals surface area contributed by atoms with E-state index in [1.54, 1.807) is 82.3 Å². The maximum absolute atomic E-state index is 14.6. The number of nitrogens with zero attached hydrogens (tertiary/aromatic N) is 1.